The van der Waals surface area contributed by atoms with Crippen LogP contribution >= 0.6 is 0 Å². The van der Waals surface area contributed by atoms with Crippen LogP contribution in [0.2, 0.25) is 0 Å². The summed E-state index contributed by atoms with van der Waals surface area (Å²) in [6.45, 7) is 0.288. The van der Waals surface area contributed by atoms with Crippen molar-refractivity contribution in [3.63, 3.8) is 0 Å². The molecule has 10 heteroatoms. The van der Waals surface area contributed by atoms with E-state index in [2.05, 4.69) is 10.6 Å². The first-order valence-electron chi connectivity index (χ1n) is 12.2. The van der Waals surface area contributed by atoms with Crippen LogP contribution in [0.15, 0.2) is 47.5 Å². The van der Waals surface area contributed by atoms with Crippen LogP contribution in [0, 0.1) is 22.7 Å². The average molecular weight is 513 g/mol. The summed E-state index contributed by atoms with van der Waals surface area (Å²) in [5, 5.41) is 24.9. The molecule has 0 spiro atoms. The number of hydrogen-bond acceptors (Lipinski definition) is 8. The maximum Gasteiger partial charge on any atom is 0.262 e. The Morgan fingerprint density at radius 3 is 1.47 bits per heavy atom. The smallest absolute Gasteiger partial charge is 0.262 e. The second-order valence-electron chi connectivity index (χ2n) is 9.06. The van der Waals surface area contributed by atoms with Crippen LogP contribution in [-0.2, 0) is 9.59 Å². The molecular weight excluding hydrogens is 488 g/mol. The van der Waals surface area contributed by atoms with Crippen LogP contribution in [0.3, 0.4) is 0 Å². The van der Waals surface area contributed by atoms with Crippen LogP contribution < -0.4 is 29.6 Å². The predicted molar refractivity (Wildman–Crippen MR) is 135 cm³/mol. The molecule has 10 nitrogen and oxygen atoms in total. The van der Waals surface area contributed by atoms with Crippen molar-refractivity contribution < 1.29 is 28.5 Å². The number of amides is 2. The summed E-state index contributed by atoms with van der Waals surface area (Å²) >= 11 is 0. The molecule has 0 atom stereocenters. The van der Waals surface area contributed by atoms with Crippen LogP contribution in [0.4, 0.5) is 0 Å². The molecule has 0 radical (unpaired) electrons. The number of nitrogens with zero attached hydrogens (tertiary/aromatic N) is 2. The number of nitrogens with one attached hydrogen (secondary N) is 2. The van der Waals surface area contributed by atoms with E-state index in [4.69, 9.17) is 18.9 Å². The number of nitriles is 2. The fraction of sp³-hybridized carbons (Fsp3) is 0.286. The highest BCUT2D eigenvalue weighted by Crippen LogP contribution is 2.34. The van der Waals surface area contributed by atoms with E-state index < -0.39 is 11.8 Å². The number of ether oxygens (including phenoxy) is 4. The monoisotopic (exact) mass is 512 g/mol. The van der Waals surface area contributed by atoms with Gasteiger partial charge in [0.1, 0.15) is 23.3 Å². The van der Waals surface area contributed by atoms with Gasteiger partial charge in [0.05, 0.1) is 0 Å². The Kier molecular flexibility index (Phi) is 7.14. The van der Waals surface area contributed by atoms with Gasteiger partial charge >= 0.3 is 0 Å². The second kappa shape index (κ2) is 11.0. The third-order valence-corrected chi connectivity index (χ3v) is 6.54. The maximum atomic E-state index is 12.7. The molecule has 38 heavy (non-hydrogen) atoms. The number of benzene rings is 2. The zero-order valence-electron chi connectivity index (χ0n) is 20.4. The number of carbonyl (C=O) groups is 2. The summed E-state index contributed by atoms with van der Waals surface area (Å²) in [6, 6.07) is 14.1. The molecule has 0 unspecified atom stereocenters. The van der Waals surface area contributed by atoms with E-state index in [1.165, 1.54) is 12.2 Å². The van der Waals surface area contributed by atoms with Crippen LogP contribution in [0.1, 0.15) is 36.8 Å². The molecule has 1 aliphatic carbocycles. The Morgan fingerprint density at radius 2 is 1.08 bits per heavy atom. The Morgan fingerprint density at radius 1 is 0.684 bits per heavy atom. The Bertz CT molecular complexity index is 1300. The summed E-state index contributed by atoms with van der Waals surface area (Å²) in [5.74, 6) is 1.50. The van der Waals surface area contributed by atoms with Crippen molar-refractivity contribution in [2.24, 2.45) is 0 Å². The molecule has 2 amide bonds. The Labute approximate surface area is 219 Å². The van der Waals surface area contributed by atoms with Crippen molar-refractivity contribution in [3.8, 4) is 35.1 Å². The first kappa shape index (κ1) is 24.7. The average Bonchev–Trinajstić information content (AvgIpc) is 3.60. The summed E-state index contributed by atoms with van der Waals surface area (Å²) in [7, 11) is 0. The molecule has 1 saturated carbocycles. The zero-order valence-corrected chi connectivity index (χ0v) is 20.4. The van der Waals surface area contributed by atoms with E-state index in [0.29, 0.717) is 59.8 Å². The Balaban J connectivity index is 1.13. The summed E-state index contributed by atoms with van der Waals surface area (Å²) in [5.41, 5.74) is 1.31. The minimum absolute atomic E-state index is 0.00777. The lowest BCUT2D eigenvalue weighted by Crippen LogP contribution is -2.44. The van der Waals surface area contributed by atoms with Crippen molar-refractivity contribution in [3.05, 3.63) is 58.7 Å². The van der Waals surface area contributed by atoms with Crippen LogP contribution in [0.5, 0.6) is 23.0 Å². The van der Waals surface area contributed by atoms with E-state index in [1.807, 2.05) is 12.1 Å². The standard InChI is InChI=1S/C28H24N4O6/c29-13-19(9-17-1-7-23-25(11-17)37-15-35-23)27(33)31-21-3-5-22(6-4-21)32-28(34)20(14-30)10-18-2-8-24-26(12-18)38-16-36-24/h1-2,7-12,21-22H,3-6,15-16H2,(H,31,33)(H,32,34)/b19-9+,20-10+. The minimum atomic E-state index is -0.448. The molecule has 192 valence electrons. The van der Waals surface area contributed by atoms with Crippen molar-refractivity contribution in [2.75, 3.05) is 13.6 Å². The van der Waals surface area contributed by atoms with Gasteiger partial charge < -0.3 is 29.6 Å². The van der Waals surface area contributed by atoms with Crippen molar-refractivity contribution in [2.45, 2.75) is 37.8 Å². The lowest BCUT2D eigenvalue weighted by Gasteiger charge is -2.29. The fourth-order valence-electron chi connectivity index (χ4n) is 4.54. The van der Waals surface area contributed by atoms with Crippen LogP contribution in [-0.4, -0.2) is 37.5 Å². The van der Waals surface area contributed by atoms with E-state index in [-0.39, 0.29) is 36.8 Å². The Hall–Kier alpha value is -4.96. The first-order valence-corrected chi connectivity index (χ1v) is 12.2. The van der Waals surface area contributed by atoms with Gasteiger partial charge in [0.2, 0.25) is 13.6 Å². The highest BCUT2D eigenvalue weighted by molar-refractivity contribution is 6.02. The molecule has 2 N–H and O–H groups in total. The maximum absolute atomic E-state index is 12.7. The fourth-order valence-corrected chi connectivity index (χ4v) is 4.54. The van der Waals surface area contributed by atoms with E-state index >= 15 is 0 Å². The molecular formula is C28H24N4O6. The van der Waals surface area contributed by atoms with Gasteiger partial charge in [-0.25, -0.2) is 0 Å². The topological polar surface area (TPSA) is 143 Å². The minimum Gasteiger partial charge on any atom is -0.454 e. The molecule has 0 aromatic heterocycles. The molecule has 2 aliphatic heterocycles. The van der Waals surface area contributed by atoms with E-state index in [9.17, 15) is 20.1 Å². The van der Waals surface area contributed by atoms with Gasteiger partial charge in [-0.2, -0.15) is 10.5 Å². The quantitative estimate of drug-likeness (QED) is 0.444. The number of hydrogen-bond donors (Lipinski definition) is 2. The van der Waals surface area contributed by atoms with Gasteiger partial charge in [-0.15, -0.1) is 0 Å². The predicted octanol–water partition coefficient (Wildman–Crippen LogP) is 3.20. The van der Waals surface area contributed by atoms with Gasteiger partial charge in [0, 0.05) is 12.1 Å². The highest BCUT2D eigenvalue weighted by atomic mass is 16.7. The number of carbonyl (C=O) groups excluding carboxylic acids is 2. The molecule has 2 heterocycles. The van der Waals surface area contributed by atoms with E-state index in [0.717, 1.165) is 0 Å². The zero-order chi connectivity index (χ0) is 26.5. The van der Waals surface area contributed by atoms with Gasteiger partial charge in [-0.3, -0.25) is 9.59 Å². The molecule has 5 rings (SSSR count). The van der Waals surface area contributed by atoms with Gasteiger partial charge in [0.15, 0.2) is 23.0 Å². The highest BCUT2D eigenvalue weighted by Gasteiger charge is 2.25. The van der Waals surface area contributed by atoms with E-state index in [1.54, 1.807) is 36.4 Å². The molecule has 2 aromatic carbocycles. The third-order valence-electron chi connectivity index (χ3n) is 6.54. The lowest BCUT2D eigenvalue weighted by atomic mass is 9.90. The van der Waals surface area contributed by atoms with Crippen molar-refractivity contribution in [1.82, 2.24) is 10.6 Å². The van der Waals surface area contributed by atoms with Gasteiger partial charge in [0.25, 0.3) is 11.8 Å². The SMILES string of the molecule is N#C/C(=C\c1ccc2c(c1)OCO2)C(=O)NC1CCC(NC(=O)/C(C#N)=C/c2ccc3c(c2)OCO3)CC1. The van der Waals surface area contributed by atoms with Gasteiger partial charge in [-0.05, 0) is 73.2 Å². The van der Waals surface area contributed by atoms with Crippen LogP contribution in [0.25, 0.3) is 12.2 Å². The lowest BCUT2D eigenvalue weighted by molar-refractivity contribution is -0.119. The molecule has 0 bridgehead atoms. The summed E-state index contributed by atoms with van der Waals surface area (Å²) in [6.07, 6.45) is 5.55. The molecule has 0 saturated heterocycles. The van der Waals surface area contributed by atoms with Crippen molar-refractivity contribution >= 4 is 24.0 Å². The largest absolute Gasteiger partial charge is 0.454 e. The molecule has 2 aromatic rings. The number of fused-ring (bicyclic) bond motifs is 2. The summed E-state index contributed by atoms with van der Waals surface area (Å²) < 4.78 is 21.3. The second-order valence-corrected chi connectivity index (χ2v) is 9.06. The normalized spacial score (nSPS) is 19.7. The summed E-state index contributed by atoms with van der Waals surface area (Å²) in [4.78, 5) is 25.4. The number of rotatable bonds is 6. The van der Waals surface area contributed by atoms with Gasteiger partial charge in [-0.1, -0.05) is 12.1 Å². The molecule has 1 fully saturated rings. The van der Waals surface area contributed by atoms with Crippen molar-refractivity contribution in [1.29, 1.82) is 10.5 Å². The first-order chi connectivity index (χ1) is 18.5. The third kappa shape index (κ3) is 5.55. The molecule has 3 aliphatic rings.